The van der Waals surface area contributed by atoms with Crippen LogP contribution in [0.2, 0.25) is 0 Å². The van der Waals surface area contributed by atoms with E-state index >= 15 is 0 Å². The monoisotopic (exact) mass is 355 g/mol. The van der Waals surface area contributed by atoms with Gasteiger partial charge in [0.2, 0.25) is 5.91 Å². The predicted molar refractivity (Wildman–Crippen MR) is 99.6 cm³/mol. The van der Waals surface area contributed by atoms with Gasteiger partial charge >= 0.3 is 0 Å². The van der Waals surface area contributed by atoms with Gasteiger partial charge in [-0.25, -0.2) is 9.97 Å². The van der Waals surface area contributed by atoms with E-state index in [9.17, 15) is 4.79 Å². The Hall–Kier alpha value is -2.67. The first-order valence-electron chi connectivity index (χ1n) is 8.73. The largest absolute Gasteiger partial charge is 0.497 e. The minimum absolute atomic E-state index is 0.148. The van der Waals surface area contributed by atoms with Crippen molar-refractivity contribution < 1.29 is 9.53 Å². The Kier molecular flexibility index (Phi) is 5.68. The third-order valence-electron chi connectivity index (χ3n) is 4.75. The number of anilines is 1. The number of hydrogen-bond acceptors (Lipinski definition) is 6. The van der Waals surface area contributed by atoms with Crippen molar-refractivity contribution in [1.29, 1.82) is 0 Å². The summed E-state index contributed by atoms with van der Waals surface area (Å²) in [6, 6.07) is 9.64. The molecule has 7 nitrogen and oxygen atoms in total. The zero-order valence-electron chi connectivity index (χ0n) is 15.3. The van der Waals surface area contributed by atoms with Crippen LogP contribution in [0.5, 0.6) is 5.75 Å². The molecule has 0 aliphatic carbocycles. The summed E-state index contributed by atoms with van der Waals surface area (Å²) < 4.78 is 5.22. The molecule has 1 aliphatic rings. The molecule has 0 saturated carbocycles. The summed E-state index contributed by atoms with van der Waals surface area (Å²) in [6.07, 6.45) is 3.01. The first-order valence-corrected chi connectivity index (χ1v) is 8.73. The van der Waals surface area contributed by atoms with Crippen LogP contribution in [0, 0.1) is 0 Å². The molecule has 1 atom stereocenters. The first kappa shape index (κ1) is 18.1. The topological polar surface area (TPSA) is 84.6 Å². The van der Waals surface area contributed by atoms with Crippen LogP contribution in [0.15, 0.2) is 36.5 Å². The number of hydrogen-bond donors (Lipinski definition) is 1. The number of aromatic nitrogens is 2. The zero-order valence-corrected chi connectivity index (χ0v) is 15.3. The summed E-state index contributed by atoms with van der Waals surface area (Å²) in [5.74, 6) is 2.10. The fraction of sp³-hybridized carbons (Fsp3) is 0.421. The molecule has 2 aromatic rings. The summed E-state index contributed by atoms with van der Waals surface area (Å²) in [4.78, 5) is 25.2. The molecular weight excluding hydrogens is 330 g/mol. The van der Waals surface area contributed by atoms with E-state index in [0.29, 0.717) is 30.6 Å². The number of ether oxygens (including phenoxy) is 1. The van der Waals surface area contributed by atoms with Gasteiger partial charge in [-0.3, -0.25) is 9.69 Å². The van der Waals surface area contributed by atoms with Crippen LogP contribution in [-0.4, -0.2) is 59.0 Å². The maximum atomic E-state index is 12.6. The molecule has 2 heterocycles. The third kappa shape index (κ3) is 4.49. The van der Waals surface area contributed by atoms with Gasteiger partial charge in [-0.15, -0.1) is 0 Å². The van der Waals surface area contributed by atoms with E-state index in [4.69, 9.17) is 10.5 Å². The fourth-order valence-corrected chi connectivity index (χ4v) is 3.24. The van der Waals surface area contributed by atoms with Crippen LogP contribution in [0.4, 0.5) is 5.82 Å². The lowest BCUT2D eigenvalue weighted by Crippen LogP contribution is -2.37. The number of carbonyl (C=O) groups is 1. The highest BCUT2D eigenvalue weighted by Crippen LogP contribution is 2.19. The van der Waals surface area contributed by atoms with E-state index in [1.165, 1.54) is 0 Å². The second kappa shape index (κ2) is 8.14. The summed E-state index contributed by atoms with van der Waals surface area (Å²) >= 11 is 0. The van der Waals surface area contributed by atoms with Crippen molar-refractivity contribution in [3.63, 3.8) is 0 Å². The number of nitrogen functional groups attached to an aromatic ring is 1. The molecule has 1 fully saturated rings. The number of likely N-dealkylation sites (tertiary alicyclic amines) is 1. The van der Waals surface area contributed by atoms with E-state index in [1.54, 1.807) is 19.4 Å². The van der Waals surface area contributed by atoms with Gasteiger partial charge in [0.1, 0.15) is 17.4 Å². The lowest BCUT2D eigenvalue weighted by Gasteiger charge is -2.24. The van der Waals surface area contributed by atoms with E-state index in [-0.39, 0.29) is 5.91 Å². The molecule has 1 aromatic heterocycles. The third-order valence-corrected chi connectivity index (χ3v) is 4.75. The Morgan fingerprint density at radius 1 is 1.42 bits per heavy atom. The Labute approximate surface area is 153 Å². The fourth-order valence-electron chi connectivity index (χ4n) is 3.24. The van der Waals surface area contributed by atoms with Gasteiger partial charge < -0.3 is 15.4 Å². The molecule has 1 aromatic carbocycles. The SMILES string of the molecule is COc1cccc(CC(=O)N2CC[C@H](N(C)Cc3nccc(N)n3)C2)c1. The number of likely N-dealkylation sites (N-methyl/N-ethyl adjacent to an activating group) is 1. The highest BCUT2D eigenvalue weighted by atomic mass is 16.5. The van der Waals surface area contributed by atoms with Gasteiger partial charge in [-0.1, -0.05) is 12.1 Å². The summed E-state index contributed by atoms with van der Waals surface area (Å²) in [7, 11) is 3.67. The van der Waals surface area contributed by atoms with Gasteiger partial charge in [0.05, 0.1) is 20.1 Å². The predicted octanol–water partition coefficient (Wildman–Crippen LogP) is 1.34. The van der Waals surface area contributed by atoms with E-state index < -0.39 is 0 Å². The summed E-state index contributed by atoms with van der Waals surface area (Å²) in [5, 5.41) is 0. The van der Waals surface area contributed by atoms with Crippen LogP contribution in [-0.2, 0) is 17.8 Å². The lowest BCUT2D eigenvalue weighted by molar-refractivity contribution is -0.129. The minimum atomic E-state index is 0.148. The van der Waals surface area contributed by atoms with Gasteiger partial charge in [0.25, 0.3) is 0 Å². The standard InChI is InChI=1S/C19H25N5O2/c1-23(13-18-21-8-6-17(20)22-18)15-7-9-24(12-15)19(25)11-14-4-3-5-16(10-14)26-2/h3-6,8,10,15H,7,9,11-13H2,1-2H3,(H2,20,21,22)/t15-/m0/s1. The van der Waals surface area contributed by atoms with Crippen molar-refractivity contribution in [3.8, 4) is 5.75 Å². The molecule has 0 spiro atoms. The van der Waals surface area contributed by atoms with Crippen LogP contribution < -0.4 is 10.5 Å². The van der Waals surface area contributed by atoms with Gasteiger partial charge in [-0.2, -0.15) is 0 Å². The Balaban J connectivity index is 1.54. The van der Waals surface area contributed by atoms with E-state index in [0.717, 1.165) is 30.8 Å². The highest BCUT2D eigenvalue weighted by Gasteiger charge is 2.29. The van der Waals surface area contributed by atoms with E-state index in [1.807, 2.05) is 36.2 Å². The molecule has 1 aliphatic heterocycles. The highest BCUT2D eigenvalue weighted by molar-refractivity contribution is 5.79. The number of nitrogens with two attached hydrogens (primary N) is 1. The molecule has 0 bridgehead atoms. The molecule has 7 heteroatoms. The quantitative estimate of drug-likeness (QED) is 0.842. The number of amides is 1. The van der Waals surface area contributed by atoms with Gasteiger partial charge in [0.15, 0.2) is 0 Å². The van der Waals surface area contributed by atoms with Crippen molar-refractivity contribution in [3.05, 3.63) is 47.9 Å². The van der Waals surface area contributed by atoms with Gasteiger partial charge in [0, 0.05) is 25.3 Å². The van der Waals surface area contributed by atoms with Crippen molar-refractivity contribution in [2.45, 2.75) is 25.4 Å². The van der Waals surface area contributed by atoms with Crippen molar-refractivity contribution in [2.75, 3.05) is 33.0 Å². The minimum Gasteiger partial charge on any atom is -0.497 e. The molecule has 3 rings (SSSR count). The normalized spacial score (nSPS) is 16.9. The molecule has 26 heavy (non-hydrogen) atoms. The molecule has 0 unspecified atom stereocenters. The number of benzene rings is 1. The maximum Gasteiger partial charge on any atom is 0.227 e. The van der Waals surface area contributed by atoms with Crippen molar-refractivity contribution in [2.24, 2.45) is 0 Å². The molecule has 2 N–H and O–H groups in total. The smallest absolute Gasteiger partial charge is 0.227 e. The first-order chi connectivity index (χ1) is 12.5. The average Bonchev–Trinajstić information content (AvgIpc) is 3.12. The number of nitrogens with zero attached hydrogens (tertiary/aromatic N) is 4. The molecular formula is C19H25N5O2. The van der Waals surface area contributed by atoms with Gasteiger partial charge in [-0.05, 0) is 37.2 Å². The Morgan fingerprint density at radius 2 is 2.27 bits per heavy atom. The molecule has 1 saturated heterocycles. The molecule has 0 radical (unpaired) electrons. The zero-order chi connectivity index (χ0) is 18.5. The molecule has 1 amide bonds. The number of carbonyl (C=O) groups excluding carboxylic acids is 1. The van der Waals surface area contributed by atoms with Crippen LogP contribution >= 0.6 is 0 Å². The molecule has 138 valence electrons. The number of methoxy groups -OCH3 is 1. The van der Waals surface area contributed by atoms with Crippen molar-refractivity contribution in [1.82, 2.24) is 19.8 Å². The summed E-state index contributed by atoms with van der Waals surface area (Å²) in [5.41, 5.74) is 6.68. The second-order valence-electron chi connectivity index (χ2n) is 6.62. The summed E-state index contributed by atoms with van der Waals surface area (Å²) in [6.45, 7) is 2.12. The lowest BCUT2D eigenvalue weighted by atomic mass is 10.1. The average molecular weight is 355 g/mol. The van der Waals surface area contributed by atoms with Crippen LogP contribution in [0.25, 0.3) is 0 Å². The van der Waals surface area contributed by atoms with Crippen LogP contribution in [0.1, 0.15) is 17.8 Å². The maximum absolute atomic E-state index is 12.6. The number of rotatable bonds is 6. The second-order valence-corrected chi connectivity index (χ2v) is 6.62. The van der Waals surface area contributed by atoms with Crippen LogP contribution in [0.3, 0.4) is 0 Å². The van der Waals surface area contributed by atoms with E-state index in [2.05, 4.69) is 14.9 Å². The van der Waals surface area contributed by atoms with Crippen molar-refractivity contribution >= 4 is 11.7 Å². The Bertz CT molecular complexity index is 767. The Morgan fingerprint density at radius 3 is 3.04 bits per heavy atom.